The van der Waals surface area contributed by atoms with Crippen LogP contribution >= 0.6 is 11.6 Å². The summed E-state index contributed by atoms with van der Waals surface area (Å²) in [5.41, 5.74) is 3.64. The summed E-state index contributed by atoms with van der Waals surface area (Å²) in [5, 5.41) is 11.2. The molecule has 1 N–H and O–H groups in total. The van der Waals surface area contributed by atoms with E-state index in [1.54, 1.807) is 0 Å². The molecular weight excluding hydrogens is 334 g/mol. The third-order valence-corrected chi connectivity index (χ3v) is 5.44. The predicted octanol–water partition coefficient (Wildman–Crippen LogP) is 3.85. The molecule has 0 radical (unpaired) electrons. The SMILES string of the molecule is OCCN1CCC(c2cn(-c3ccc(Cl)cc3)c3cnccc23)CC1. The minimum atomic E-state index is 0.242. The number of hydrogen-bond acceptors (Lipinski definition) is 3. The van der Waals surface area contributed by atoms with E-state index in [0.717, 1.165) is 48.7 Å². The first kappa shape index (κ1) is 16.6. The van der Waals surface area contributed by atoms with Crippen molar-refractivity contribution in [3.8, 4) is 5.69 Å². The fraction of sp³-hybridized carbons (Fsp3) is 0.350. The average Bonchev–Trinajstić information content (AvgIpc) is 3.03. The monoisotopic (exact) mass is 355 g/mol. The maximum absolute atomic E-state index is 9.13. The first-order valence-corrected chi connectivity index (χ1v) is 9.18. The maximum Gasteiger partial charge on any atom is 0.0715 e. The Kier molecular flexibility index (Phi) is 4.75. The summed E-state index contributed by atoms with van der Waals surface area (Å²) in [6.07, 6.45) is 8.33. The lowest BCUT2D eigenvalue weighted by atomic mass is 9.89. The second-order valence-electron chi connectivity index (χ2n) is 6.66. The smallest absolute Gasteiger partial charge is 0.0715 e. The van der Waals surface area contributed by atoms with E-state index in [9.17, 15) is 0 Å². The molecule has 3 heterocycles. The van der Waals surface area contributed by atoms with Gasteiger partial charge >= 0.3 is 0 Å². The van der Waals surface area contributed by atoms with Gasteiger partial charge in [0.1, 0.15) is 0 Å². The average molecular weight is 356 g/mol. The van der Waals surface area contributed by atoms with Crippen LogP contribution < -0.4 is 0 Å². The molecule has 0 saturated carbocycles. The number of piperidine rings is 1. The first-order chi connectivity index (χ1) is 12.3. The van der Waals surface area contributed by atoms with Crippen LogP contribution in [0.4, 0.5) is 0 Å². The molecular formula is C20H22ClN3O. The highest BCUT2D eigenvalue weighted by Gasteiger charge is 2.23. The van der Waals surface area contributed by atoms with Crippen LogP contribution in [-0.2, 0) is 0 Å². The predicted molar refractivity (Wildman–Crippen MR) is 102 cm³/mol. The number of benzene rings is 1. The molecule has 0 amide bonds. The number of fused-ring (bicyclic) bond motifs is 1. The number of nitrogens with zero attached hydrogens (tertiary/aromatic N) is 3. The van der Waals surface area contributed by atoms with Gasteiger partial charge < -0.3 is 14.6 Å². The highest BCUT2D eigenvalue weighted by Crippen LogP contribution is 2.35. The summed E-state index contributed by atoms with van der Waals surface area (Å²) in [4.78, 5) is 6.67. The van der Waals surface area contributed by atoms with Gasteiger partial charge in [0.05, 0.1) is 18.3 Å². The van der Waals surface area contributed by atoms with E-state index in [4.69, 9.17) is 16.7 Å². The molecule has 130 valence electrons. The summed E-state index contributed by atoms with van der Waals surface area (Å²) < 4.78 is 2.22. The van der Waals surface area contributed by atoms with E-state index in [-0.39, 0.29) is 6.61 Å². The van der Waals surface area contributed by atoms with Crippen molar-refractivity contribution < 1.29 is 5.11 Å². The summed E-state index contributed by atoms with van der Waals surface area (Å²) in [6, 6.07) is 10.1. The van der Waals surface area contributed by atoms with Gasteiger partial charge in [-0.2, -0.15) is 0 Å². The van der Waals surface area contributed by atoms with Gasteiger partial charge in [-0.3, -0.25) is 4.98 Å². The molecule has 0 unspecified atom stereocenters. The highest BCUT2D eigenvalue weighted by atomic mass is 35.5. The van der Waals surface area contributed by atoms with E-state index in [1.165, 1.54) is 10.9 Å². The van der Waals surface area contributed by atoms with Crippen molar-refractivity contribution in [2.24, 2.45) is 0 Å². The summed E-state index contributed by atoms with van der Waals surface area (Å²) in [5.74, 6) is 0.549. The molecule has 1 aliphatic heterocycles. The van der Waals surface area contributed by atoms with Crippen molar-refractivity contribution in [1.29, 1.82) is 0 Å². The summed E-state index contributed by atoms with van der Waals surface area (Å²) in [6.45, 7) is 3.11. The Balaban J connectivity index is 1.70. The van der Waals surface area contributed by atoms with Crippen molar-refractivity contribution in [3.63, 3.8) is 0 Å². The molecule has 5 heteroatoms. The zero-order chi connectivity index (χ0) is 17.2. The van der Waals surface area contributed by atoms with Gasteiger partial charge in [-0.05, 0) is 67.7 Å². The normalized spacial score (nSPS) is 16.6. The lowest BCUT2D eigenvalue weighted by molar-refractivity contribution is 0.164. The molecule has 0 atom stereocenters. The molecule has 1 aromatic carbocycles. The van der Waals surface area contributed by atoms with Gasteiger partial charge in [-0.15, -0.1) is 0 Å². The van der Waals surface area contributed by atoms with E-state index >= 15 is 0 Å². The lowest BCUT2D eigenvalue weighted by Gasteiger charge is -2.31. The highest BCUT2D eigenvalue weighted by molar-refractivity contribution is 6.30. The number of aliphatic hydroxyl groups is 1. The van der Waals surface area contributed by atoms with Gasteiger partial charge in [-0.1, -0.05) is 11.6 Å². The van der Waals surface area contributed by atoms with Crippen LogP contribution in [0.1, 0.15) is 24.3 Å². The summed E-state index contributed by atoms with van der Waals surface area (Å²) >= 11 is 6.04. The Hall–Kier alpha value is -1.88. The third kappa shape index (κ3) is 3.30. The van der Waals surface area contributed by atoms with E-state index in [1.807, 2.05) is 36.7 Å². The van der Waals surface area contributed by atoms with Crippen molar-refractivity contribution >= 4 is 22.5 Å². The Bertz CT molecular complexity index is 851. The number of halogens is 1. The van der Waals surface area contributed by atoms with Crippen LogP contribution in [-0.4, -0.2) is 45.8 Å². The van der Waals surface area contributed by atoms with E-state index < -0.39 is 0 Å². The van der Waals surface area contributed by atoms with Crippen molar-refractivity contribution in [1.82, 2.24) is 14.5 Å². The van der Waals surface area contributed by atoms with Gasteiger partial charge in [-0.25, -0.2) is 0 Å². The number of pyridine rings is 1. The largest absolute Gasteiger partial charge is 0.395 e. The first-order valence-electron chi connectivity index (χ1n) is 8.80. The van der Waals surface area contributed by atoms with Crippen molar-refractivity contribution in [3.05, 3.63) is 59.5 Å². The molecule has 1 fully saturated rings. The second kappa shape index (κ2) is 7.16. The third-order valence-electron chi connectivity index (χ3n) is 5.19. The molecule has 0 aliphatic carbocycles. The second-order valence-corrected chi connectivity index (χ2v) is 7.10. The number of aliphatic hydroxyl groups excluding tert-OH is 1. The molecule has 1 aliphatic rings. The minimum Gasteiger partial charge on any atom is -0.395 e. The number of hydrogen-bond donors (Lipinski definition) is 1. The molecule has 0 bridgehead atoms. The van der Waals surface area contributed by atoms with Crippen LogP contribution in [0.15, 0.2) is 48.9 Å². The van der Waals surface area contributed by atoms with Crippen LogP contribution in [0.3, 0.4) is 0 Å². The number of β-amino-alcohol motifs (C(OH)–C–C–N with tert-alkyl or cyclic N) is 1. The topological polar surface area (TPSA) is 41.3 Å². The molecule has 25 heavy (non-hydrogen) atoms. The summed E-state index contributed by atoms with van der Waals surface area (Å²) in [7, 11) is 0. The van der Waals surface area contributed by atoms with Crippen molar-refractivity contribution in [2.75, 3.05) is 26.2 Å². The van der Waals surface area contributed by atoms with Gasteiger partial charge in [0, 0.05) is 35.0 Å². The standard InChI is InChI=1S/C20H22ClN3O/c21-16-1-3-17(4-2-16)24-14-19(18-5-8-22-13-20(18)24)15-6-9-23(10-7-15)11-12-25/h1-5,8,13-15,25H,6-7,9-12H2. The molecule has 4 nitrogen and oxygen atoms in total. The van der Waals surface area contributed by atoms with Gasteiger partial charge in [0.25, 0.3) is 0 Å². The number of aromatic nitrogens is 2. The Morgan fingerprint density at radius 2 is 1.88 bits per heavy atom. The van der Waals surface area contributed by atoms with Crippen molar-refractivity contribution in [2.45, 2.75) is 18.8 Å². The zero-order valence-corrected chi connectivity index (χ0v) is 14.9. The number of likely N-dealkylation sites (tertiary alicyclic amines) is 1. The van der Waals surface area contributed by atoms with Crippen LogP contribution in [0.2, 0.25) is 5.02 Å². The van der Waals surface area contributed by atoms with Crippen LogP contribution in [0.5, 0.6) is 0 Å². The molecule has 2 aromatic heterocycles. The van der Waals surface area contributed by atoms with Gasteiger partial charge in [0.15, 0.2) is 0 Å². The Morgan fingerprint density at radius 1 is 1.12 bits per heavy atom. The maximum atomic E-state index is 9.13. The van der Waals surface area contributed by atoms with E-state index in [2.05, 4.69) is 26.7 Å². The quantitative estimate of drug-likeness (QED) is 0.772. The lowest BCUT2D eigenvalue weighted by Crippen LogP contribution is -2.34. The molecule has 0 spiro atoms. The molecule has 4 rings (SSSR count). The fourth-order valence-corrected chi connectivity index (χ4v) is 3.98. The molecule has 3 aromatic rings. The molecule has 1 saturated heterocycles. The Labute approximate surface area is 152 Å². The number of rotatable bonds is 4. The van der Waals surface area contributed by atoms with Crippen LogP contribution in [0, 0.1) is 0 Å². The van der Waals surface area contributed by atoms with Crippen LogP contribution in [0.25, 0.3) is 16.6 Å². The fourth-order valence-electron chi connectivity index (χ4n) is 3.85. The Morgan fingerprint density at radius 3 is 2.60 bits per heavy atom. The minimum absolute atomic E-state index is 0.242. The van der Waals surface area contributed by atoms with E-state index in [0.29, 0.717) is 5.92 Å². The zero-order valence-electron chi connectivity index (χ0n) is 14.1. The van der Waals surface area contributed by atoms with Gasteiger partial charge in [0.2, 0.25) is 0 Å².